The van der Waals surface area contributed by atoms with E-state index < -0.39 is 11.4 Å². The molecule has 0 radical (unpaired) electrons. The van der Waals surface area contributed by atoms with Gasteiger partial charge in [-0.2, -0.15) is 0 Å². The lowest BCUT2D eigenvalue weighted by atomic mass is 9.82. The van der Waals surface area contributed by atoms with E-state index in [2.05, 4.69) is 4.90 Å². The van der Waals surface area contributed by atoms with Crippen LogP contribution in [0.2, 0.25) is 0 Å². The summed E-state index contributed by atoms with van der Waals surface area (Å²) in [5.41, 5.74) is -0.733. The minimum absolute atomic E-state index is 0.329. The fourth-order valence-electron chi connectivity index (χ4n) is 2.56. The van der Waals surface area contributed by atoms with E-state index in [1.165, 1.54) is 12.8 Å². The quantitative estimate of drug-likeness (QED) is 0.673. The highest BCUT2D eigenvalue weighted by molar-refractivity contribution is 5.75. The van der Waals surface area contributed by atoms with Crippen molar-refractivity contribution in [3.05, 3.63) is 0 Å². The minimum Gasteiger partial charge on any atom is -0.481 e. The Balaban J connectivity index is 1.70. The number of carbonyl (C=O) groups is 1. The Morgan fingerprint density at radius 1 is 1.53 bits per heavy atom. The van der Waals surface area contributed by atoms with Crippen molar-refractivity contribution in [1.82, 2.24) is 4.90 Å². The lowest BCUT2D eigenvalue weighted by Crippen LogP contribution is -2.48. The molecule has 1 atom stereocenters. The standard InChI is InChI=1S/C14H25NO4/c1-15(6-8-18-9-12-3-4-12)10-14(13(16)17)5-2-7-19-11-14/h12H,2-11H2,1H3,(H,16,17). The zero-order valence-corrected chi connectivity index (χ0v) is 11.8. The molecule has 1 saturated heterocycles. The van der Waals surface area contributed by atoms with Crippen LogP contribution in [-0.4, -0.2) is 62.5 Å². The van der Waals surface area contributed by atoms with Gasteiger partial charge in [0.2, 0.25) is 0 Å². The Bertz CT molecular complexity index is 298. The molecule has 1 aliphatic heterocycles. The van der Waals surface area contributed by atoms with E-state index in [4.69, 9.17) is 9.47 Å². The normalized spacial score (nSPS) is 27.7. The Hall–Kier alpha value is -0.650. The van der Waals surface area contributed by atoms with Crippen LogP contribution in [0.4, 0.5) is 0 Å². The van der Waals surface area contributed by atoms with Gasteiger partial charge in [-0.25, -0.2) is 0 Å². The Labute approximate surface area is 114 Å². The third-order valence-electron chi connectivity index (χ3n) is 4.02. The van der Waals surface area contributed by atoms with Crippen LogP contribution in [0.25, 0.3) is 0 Å². The summed E-state index contributed by atoms with van der Waals surface area (Å²) in [6.45, 7) is 3.88. The largest absolute Gasteiger partial charge is 0.481 e. The highest BCUT2D eigenvalue weighted by Crippen LogP contribution is 2.30. The lowest BCUT2D eigenvalue weighted by molar-refractivity contribution is -0.159. The lowest BCUT2D eigenvalue weighted by Gasteiger charge is -2.36. The van der Waals surface area contributed by atoms with Gasteiger partial charge in [0, 0.05) is 26.3 Å². The van der Waals surface area contributed by atoms with Gasteiger partial charge in [-0.15, -0.1) is 0 Å². The topological polar surface area (TPSA) is 59.0 Å². The van der Waals surface area contributed by atoms with Crippen LogP contribution >= 0.6 is 0 Å². The van der Waals surface area contributed by atoms with Crippen LogP contribution in [0.3, 0.4) is 0 Å². The molecule has 19 heavy (non-hydrogen) atoms. The summed E-state index contributed by atoms with van der Waals surface area (Å²) in [4.78, 5) is 13.6. The third-order valence-corrected chi connectivity index (χ3v) is 4.02. The van der Waals surface area contributed by atoms with E-state index in [1.54, 1.807) is 0 Å². The maximum Gasteiger partial charge on any atom is 0.313 e. The number of aliphatic carboxylic acids is 1. The fraction of sp³-hybridized carbons (Fsp3) is 0.929. The minimum atomic E-state index is -0.738. The van der Waals surface area contributed by atoms with Gasteiger partial charge in [0.1, 0.15) is 5.41 Å². The second-order valence-corrected chi connectivity index (χ2v) is 6.00. The van der Waals surface area contributed by atoms with Gasteiger partial charge >= 0.3 is 5.97 Å². The van der Waals surface area contributed by atoms with E-state index in [0.29, 0.717) is 32.8 Å². The van der Waals surface area contributed by atoms with Crippen molar-refractivity contribution in [3.63, 3.8) is 0 Å². The smallest absolute Gasteiger partial charge is 0.313 e. The van der Waals surface area contributed by atoms with Crippen molar-refractivity contribution < 1.29 is 19.4 Å². The monoisotopic (exact) mass is 271 g/mol. The molecular weight excluding hydrogens is 246 g/mol. The second kappa shape index (κ2) is 6.68. The number of carboxylic acids is 1. The van der Waals surface area contributed by atoms with Crippen molar-refractivity contribution in [2.45, 2.75) is 25.7 Å². The maximum atomic E-state index is 11.5. The first-order valence-electron chi connectivity index (χ1n) is 7.20. The van der Waals surface area contributed by atoms with E-state index in [9.17, 15) is 9.90 Å². The molecule has 2 fully saturated rings. The molecule has 1 unspecified atom stereocenters. The first-order valence-corrected chi connectivity index (χ1v) is 7.20. The molecule has 0 bridgehead atoms. The molecule has 1 N–H and O–H groups in total. The number of nitrogens with zero attached hydrogens (tertiary/aromatic N) is 1. The van der Waals surface area contributed by atoms with Crippen molar-refractivity contribution in [2.24, 2.45) is 11.3 Å². The van der Waals surface area contributed by atoms with Gasteiger partial charge in [-0.05, 0) is 38.6 Å². The number of ether oxygens (including phenoxy) is 2. The van der Waals surface area contributed by atoms with E-state index >= 15 is 0 Å². The van der Waals surface area contributed by atoms with Crippen LogP contribution < -0.4 is 0 Å². The molecule has 2 rings (SSSR count). The number of rotatable bonds is 8. The Morgan fingerprint density at radius 3 is 2.89 bits per heavy atom. The molecule has 110 valence electrons. The molecule has 0 aromatic carbocycles. The molecule has 0 amide bonds. The number of hydrogen-bond acceptors (Lipinski definition) is 4. The summed E-state index contributed by atoms with van der Waals surface area (Å²) in [7, 11) is 1.96. The van der Waals surface area contributed by atoms with E-state index in [-0.39, 0.29) is 0 Å². The molecular formula is C14H25NO4. The zero-order valence-electron chi connectivity index (χ0n) is 11.8. The van der Waals surface area contributed by atoms with Gasteiger partial charge in [0.25, 0.3) is 0 Å². The second-order valence-electron chi connectivity index (χ2n) is 6.00. The molecule has 1 aliphatic carbocycles. The van der Waals surface area contributed by atoms with Gasteiger partial charge in [-0.1, -0.05) is 0 Å². The predicted octanol–water partition coefficient (Wildman–Crippen LogP) is 1.23. The average molecular weight is 271 g/mol. The molecule has 1 heterocycles. The molecule has 0 aromatic heterocycles. The first-order chi connectivity index (χ1) is 9.12. The van der Waals surface area contributed by atoms with Gasteiger partial charge in [-0.3, -0.25) is 4.79 Å². The van der Waals surface area contributed by atoms with E-state index in [1.807, 2.05) is 7.05 Å². The third kappa shape index (κ3) is 4.44. The van der Waals surface area contributed by atoms with Gasteiger partial charge in [0.15, 0.2) is 0 Å². The number of hydrogen-bond donors (Lipinski definition) is 1. The van der Waals surface area contributed by atoms with Gasteiger partial charge < -0.3 is 19.5 Å². The van der Waals surface area contributed by atoms with Crippen LogP contribution in [0.15, 0.2) is 0 Å². The number of likely N-dealkylation sites (N-methyl/N-ethyl adjacent to an activating group) is 1. The van der Waals surface area contributed by atoms with Crippen LogP contribution in [0, 0.1) is 11.3 Å². The fourth-order valence-corrected chi connectivity index (χ4v) is 2.56. The summed E-state index contributed by atoms with van der Waals surface area (Å²) < 4.78 is 11.0. The predicted molar refractivity (Wildman–Crippen MR) is 71.2 cm³/mol. The molecule has 1 saturated carbocycles. The summed E-state index contributed by atoms with van der Waals surface area (Å²) in [5.74, 6) is 0.0420. The first kappa shape index (κ1) is 14.8. The molecule has 0 spiro atoms. The average Bonchev–Trinajstić information content (AvgIpc) is 3.20. The summed E-state index contributed by atoms with van der Waals surface area (Å²) >= 11 is 0. The zero-order chi connectivity index (χ0) is 13.7. The maximum absolute atomic E-state index is 11.5. The molecule has 5 nitrogen and oxygen atoms in total. The summed E-state index contributed by atoms with van der Waals surface area (Å²) in [6, 6.07) is 0. The van der Waals surface area contributed by atoms with Crippen molar-refractivity contribution >= 4 is 5.97 Å². The van der Waals surface area contributed by atoms with Crippen LogP contribution in [0.5, 0.6) is 0 Å². The Kier molecular flexibility index (Phi) is 5.19. The summed E-state index contributed by atoms with van der Waals surface area (Å²) in [6.07, 6.45) is 4.14. The Morgan fingerprint density at radius 2 is 2.32 bits per heavy atom. The van der Waals surface area contributed by atoms with Gasteiger partial charge in [0.05, 0.1) is 13.2 Å². The van der Waals surface area contributed by atoms with E-state index in [0.717, 1.165) is 25.5 Å². The van der Waals surface area contributed by atoms with Crippen molar-refractivity contribution in [3.8, 4) is 0 Å². The van der Waals surface area contributed by atoms with Crippen molar-refractivity contribution in [1.29, 1.82) is 0 Å². The SMILES string of the molecule is CN(CCOCC1CC1)CC1(C(=O)O)CCCOC1. The van der Waals surface area contributed by atoms with Crippen LogP contribution in [-0.2, 0) is 14.3 Å². The molecule has 5 heteroatoms. The highest BCUT2D eigenvalue weighted by Gasteiger charge is 2.41. The summed E-state index contributed by atoms with van der Waals surface area (Å²) in [5, 5.41) is 9.45. The van der Waals surface area contributed by atoms with Crippen molar-refractivity contribution in [2.75, 3.05) is 46.6 Å². The molecule has 2 aliphatic rings. The molecule has 0 aromatic rings. The highest BCUT2D eigenvalue weighted by atomic mass is 16.5. The number of carboxylic acid groups (broad SMARTS) is 1. The van der Waals surface area contributed by atoms with Crippen LogP contribution in [0.1, 0.15) is 25.7 Å².